The number of amides is 2. The third kappa shape index (κ3) is 4.65. The highest BCUT2D eigenvalue weighted by atomic mass is 16.5. The Labute approximate surface area is 206 Å². The predicted molar refractivity (Wildman–Crippen MR) is 138 cm³/mol. The average Bonchev–Trinajstić information content (AvgIpc) is 2.88. The maximum Gasteiger partial charge on any atom is 0.249 e. The number of anilines is 5. The normalized spacial score (nSPS) is 21.2. The van der Waals surface area contributed by atoms with Gasteiger partial charge in [-0.1, -0.05) is 0 Å². The number of nitrogens with zero attached hydrogens (tertiary/aromatic N) is 5. The van der Waals surface area contributed by atoms with E-state index in [4.69, 9.17) is 9.72 Å². The van der Waals surface area contributed by atoms with Gasteiger partial charge in [0.15, 0.2) is 5.82 Å². The van der Waals surface area contributed by atoms with Crippen LogP contribution in [0.15, 0.2) is 36.4 Å². The van der Waals surface area contributed by atoms with Crippen LogP contribution in [0.5, 0.6) is 0 Å². The van der Waals surface area contributed by atoms with Gasteiger partial charge in [-0.25, -0.2) is 4.98 Å². The Morgan fingerprint density at radius 3 is 2.37 bits per heavy atom. The summed E-state index contributed by atoms with van der Waals surface area (Å²) >= 11 is 0. The van der Waals surface area contributed by atoms with E-state index in [1.54, 1.807) is 11.8 Å². The fraction of sp³-hybridized carbons (Fsp3) is 0.500. The molecule has 3 aliphatic rings. The number of ether oxygens (including phenoxy) is 1. The van der Waals surface area contributed by atoms with Gasteiger partial charge in [0.1, 0.15) is 11.9 Å². The van der Waals surface area contributed by atoms with E-state index in [0.717, 1.165) is 67.7 Å². The van der Waals surface area contributed by atoms with Gasteiger partial charge in [0.25, 0.3) is 0 Å². The van der Waals surface area contributed by atoms with Crippen molar-refractivity contribution >= 4 is 40.5 Å². The molecule has 2 saturated heterocycles. The van der Waals surface area contributed by atoms with Crippen LogP contribution in [0.1, 0.15) is 26.7 Å². The molecule has 3 aliphatic heterocycles. The molecule has 0 spiro atoms. The lowest BCUT2D eigenvalue weighted by Gasteiger charge is -2.44. The molecule has 35 heavy (non-hydrogen) atoms. The van der Waals surface area contributed by atoms with Gasteiger partial charge in [-0.15, -0.1) is 0 Å². The molecule has 4 heterocycles. The Morgan fingerprint density at radius 1 is 1.03 bits per heavy atom. The van der Waals surface area contributed by atoms with Crippen LogP contribution in [0.4, 0.5) is 28.7 Å². The predicted octanol–water partition coefficient (Wildman–Crippen LogP) is 2.84. The molecule has 9 nitrogen and oxygen atoms in total. The van der Waals surface area contributed by atoms with Gasteiger partial charge in [-0.05, 0) is 56.2 Å². The number of rotatable bonds is 4. The van der Waals surface area contributed by atoms with Gasteiger partial charge >= 0.3 is 0 Å². The van der Waals surface area contributed by atoms with Gasteiger partial charge < -0.3 is 29.7 Å². The number of hydrogen-bond acceptors (Lipinski definition) is 7. The largest absolute Gasteiger partial charge is 0.381 e. The van der Waals surface area contributed by atoms with Gasteiger partial charge in [-0.2, -0.15) is 0 Å². The number of nitrogens with one attached hydrogen (secondary N) is 1. The molecule has 1 atom stereocenters. The molecule has 0 saturated carbocycles. The minimum atomic E-state index is -0.263. The Hall–Kier alpha value is -3.33. The molecule has 1 N–H and O–H groups in total. The second-order valence-electron chi connectivity index (χ2n) is 9.53. The second-order valence-corrected chi connectivity index (χ2v) is 9.53. The maximum atomic E-state index is 12.9. The number of benzene rings is 1. The Balaban J connectivity index is 1.33. The van der Waals surface area contributed by atoms with Crippen molar-refractivity contribution in [1.29, 1.82) is 0 Å². The highest BCUT2D eigenvalue weighted by Gasteiger charge is 2.39. The number of piperazine rings is 1. The molecule has 0 unspecified atom stereocenters. The molecule has 2 aromatic rings. The summed E-state index contributed by atoms with van der Waals surface area (Å²) in [5, 5.41) is 3.43. The van der Waals surface area contributed by atoms with Crippen molar-refractivity contribution in [3.05, 3.63) is 36.4 Å². The Kier molecular flexibility index (Phi) is 6.51. The van der Waals surface area contributed by atoms with E-state index in [1.807, 2.05) is 31.0 Å². The average molecular weight is 479 g/mol. The number of aromatic nitrogens is 1. The lowest BCUT2D eigenvalue weighted by atomic mass is 10.0. The fourth-order valence-electron chi connectivity index (χ4n) is 5.30. The molecule has 5 rings (SSSR count). The topological polar surface area (TPSA) is 81.3 Å². The van der Waals surface area contributed by atoms with E-state index in [-0.39, 0.29) is 23.9 Å². The van der Waals surface area contributed by atoms with Gasteiger partial charge in [0, 0.05) is 70.8 Å². The molecule has 0 bridgehead atoms. The van der Waals surface area contributed by atoms with Crippen molar-refractivity contribution in [2.75, 3.05) is 66.5 Å². The van der Waals surface area contributed by atoms with E-state index >= 15 is 0 Å². The molecule has 0 radical (unpaired) electrons. The Morgan fingerprint density at radius 2 is 1.71 bits per heavy atom. The van der Waals surface area contributed by atoms with Gasteiger partial charge in [-0.3, -0.25) is 9.59 Å². The summed E-state index contributed by atoms with van der Waals surface area (Å²) < 4.78 is 5.56. The molecule has 1 aromatic carbocycles. The summed E-state index contributed by atoms with van der Waals surface area (Å²) in [6.07, 6.45) is 1.78. The highest BCUT2D eigenvalue weighted by molar-refractivity contribution is 6.04. The van der Waals surface area contributed by atoms with Gasteiger partial charge in [0.2, 0.25) is 11.8 Å². The van der Waals surface area contributed by atoms with E-state index in [0.29, 0.717) is 13.2 Å². The van der Waals surface area contributed by atoms with Crippen molar-refractivity contribution in [3.8, 4) is 0 Å². The minimum Gasteiger partial charge on any atom is -0.381 e. The monoisotopic (exact) mass is 478 g/mol. The zero-order chi connectivity index (χ0) is 24.5. The van der Waals surface area contributed by atoms with Crippen molar-refractivity contribution in [2.45, 2.75) is 38.8 Å². The number of fused-ring (bicyclic) bond motifs is 1. The first-order valence-corrected chi connectivity index (χ1v) is 12.4. The third-order valence-corrected chi connectivity index (χ3v) is 7.38. The minimum absolute atomic E-state index is 0.0891. The molecule has 2 amide bonds. The van der Waals surface area contributed by atoms with E-state index in [9.17, 15) is 9.59 Å². The zero-order valence-corrected chi connectivity index (χ0v) is 20.7. The van der Waals surface area contributed by atoms with Crippen LogP contribution in [-0.2, 0) is 14.3 Å². The first-order chi connectivity index (χ1) is 16.9. The lowest BCUT2D eigenvalue weighted by Crippen LogP contribution is -2.56. The second kappa shape index (κ2) is 9.73. The van der Waals surface area contributed by atoms with Crippen molar-refractivity contribution in [3.63, 3.8) is 0 Å². The molecule has 2 fully saturated rings. The molecule has 0 aliphatic carbocycles. The van der Waals surface area contributed by atoms with Crippen LogP contribution in [-0.4, -0.2) is 80.2 Å². The van der Waals surface area contributed by atoms with Crippen LogP contribution in [0.25, 0.3) is 0 Å². The van der Waals surface area contributed by atoms with Crippen LogP contribution in [0.2, 0.25) is 0 Å². The van der Waals surface area contributed by atoms with Crippen LogP contribution < -0.4 is 20.0 Å². The first-order valence-electron chi connectivity index (χ1n) is 12.4. The molecular formula is C26H34N6O3. The summed E-state index contributed by atoms with van der Waals surface area (Å²) in [6, 6.07) is 12.2. The summed E-state index contributed by atoms with van der Waals surface area (Å²) in [6.45, 7) is 8.21. The summed E-state index contributed by atoms with van der Waals surface area (Å²) in [4.78, 5) is 37.6. The van der Waals surface area contributed by atoms with Crippen molar-refractivity contribution < 1.29 is 14.3 Å². The number of carbonyl (C=O) groups excluding carboxylic acids is 2. The van der Waals surface area contributed by atoms with E-state index < -0.39 is 0 Å². The van der Waals surface area contributed by atoms with Crippen molar-refractivity contribution in [1.82, 2.24) is 9.88 Å². The fourth-order valence-corrected chi connectivity index (χ4v) is 5.30. The standard InChI is InChI=1S/C26H34N6O3/c1-18-26(34)29(3)23-8-9-24(28-25(23)32(18)22-10-16-35-17-11-22)27-20-4-6-21(7-5-20)31-14-12-30(13-15-31)19(2)33/h4-9,18,22H,10-17H2,1-3H3,(H,27,28)/t18-/m1/s1. The first kappa shape index (κ1) is 23.4. The molecule has 186 valence electrons. The van der Waals surface area contributed by atoms with Crippen molar-refractivity contribution in [2.24, 2.45) is 0 Å². The SMILES string of the molecule is CC(=O)N1CCN(c2ccc(Nc3ccc4c(n3)N(C3CCOCC3)[C@H](C)C(=O)N4C)cc2)CC1. The Bertz CT molecular complexity index is 1080. The van der Waals surface area contributed by atoms with Crippen LogP contribution in [0.3, 0.4) is 0 Å². The van der Waals surface area contributed by atoms with Crippen LogP contribution in [0, 0.1) is 0 Å². The summed E-state index contributed by atoms with van der Waals surface area (Å²) in [5.41, 5.74) is 2.94. The van der Waals surface area contributed by atoms with E-state index in [1.165, 1.54) is 0 Å². The molecule has 9 heteroatoms. The number of carbonyl (C=O) groups is 2. The van der Waals surface area contributed by atoms with Gasteiger partial charge in [0.05, 0.1) is 5.69 Å². The van der Waals surface area contributed by atoms with Crippen LogP contribution >= 0.6 is 0 Å². The maximum absolute atomic E-state index is 12.9. The highest BCUT2D eigenvalue weighted by Crippen LogP contribution is 2.38. The number of pyridine rings is 1. The summed E-state index contributed by atoms with van der Waals surface area (Å²) in [5.74, 6) is 1.82. The third-order valence-electron chi connectivity index (χ3n) is 7.38. The summed E-state index contributed by atoms with van der Waals surface area (Å²) in [7, 11) is 1.82. The molecule has 1 aromatic heterocycles. The van der Waals surface area contributed by atoms with E-state index in [2.05, 4.69) is 39.4 Å². The smallest absolute Gasteiger partial charge is 0.249 e. The quantitative estimate of drug-likeness (QED) is 0.724. The number of likely N-dealkylation sites (N-methyl/N-ethyl adjacent to an activating group) is 1. The molecular weight excluding hydrogens is 444 g/mol. The lowest BCUT2D eigenvalue weighted by molar-refractivity contribution is -0.129. The number of hydrogen-bond donors (Lipinski definition) is 1. The zero-order valence-electron chi connectivity index (χ0n) is 20.7.